The van der Waals surface area contributed by atoms with E-state index < -0.39 is 0 Å². The van der Waals surface area contributed by atoms with Crippen molar-refractivity contribution in [3.8, 4) is 0 Å². The largest absolute Gasteiger partial charge is 0.376 e. The molecule has 1 saturated carbocycles. The summed E-state index contributed by atoms with van der Waals surface area (Å²) in [5.74, 6) is -0.0425. The lowest BCUT2D eigenvalue weighted by Crippen LogP contribution is -2.40. The second-order valence-electron chi connectivity index (χ2n) is 6.13. The normalized spacial score (nSPS) is 29.5. The molecule has 2 heterocycles. The molecular weight excluding hydrogens is 268 g/mol. The SMILES string of the molecule is NC1CCCCC1C(=O)Nc1cnn(CC2CCCO2)c1. The predicted octanol–water partition coefficient (Wildman–Crippen LogP) is 1.52. The van der Waals surface area contributed by atoms with Crippen LogP contribution in [0.4, 0.5) is 5.69 Å². The lowest BCUT2D eigenvalue weighted by atomic mass is 9.84. The van der Waals surface area contributed by atoms with Gasteiger partial charge < -0.3 is 15.8 Å². The average Bonchev–Trinajstić information content (AvgIpc) is 3.12. The van der Waals surface area contributed by atoms with Gasteiger partial charge in [-0.3, -0.25) is 9.48 Å². The first kappa shape index (κ1) is 14.5. The van der Waals surface area contributed by atoms with E-state index in [9.17, 15) is 4.79 Å². The van der Waals surface area contributed by atoms with Gasteiger partial charge in [-0.15, -0.1) is 0 Å². The van der Waals surface area contributed by atoms with E-state index in [4.69, 9.17) is 10.5 Å². The number of carbonyl (C=O) groups excluding carboxylic acids is 1. The van der Waals surface area contributed by atoms with Gasteiger partial charge in [0.15, 0.2) is 0 Å². The number of aromatic nitrogens is 2. The van der Waals surface area contributed by atoms with Gasteiger partial charge in [-0.05, 0) is 25.7 Å². The molecule has 0 radical (unpaired) electrons. The highest BCUT2D eigenvalue weighted by atomic mass is 16.5. The molecule has 1 saturated heterocycles. The first-order valence-corrected chi connectivity index (χ1v) is 7.93. The van der Waals surface area contributed by atoms with Crippen LogP contribution in [-0.2, 0) is 16.1 Å². The smallest absolute Gasteiger partial charge is 0.229 e. The van der Waals surface area contributed by atoms with Crippen LogP contribution in [0.1, 0.15) is 38.5 Å². The highest BCUT2D eigenvalue weighted by Gasteiger charge is 2.28. The van der Waals surface area contributed by atoms with E-state index >= 15 is 0 Å². The average molecular weight is 292 g/mol. The van der Waals surface area contributed by atoms with E-state index in [1.165, 1.54) is 0 Å². The predicted molar refractivity (Wildman–Crippen MR) is 79.8 cm³/mol. The van der Waals surface area contributed by atoms with Crippen molar-refractivity contribution in [2.45, 2.75) is 57.2 Å². The van der Waals surface area contributed by atoms with Gasteiger partial charge in [0, 0.05) is 18.8 Å². The Labute approximate surface area is 125 Å². The fourth-order valence-corrected chi connectivity index (χ4v) is 3.24. The first-order valence-electron chi connectivity index (χ1n) is 7.93. The summed E-state index contributed by atoms with van der Waals surface area (Å²) in [6, 6.07) is -0.0133. The first-order chi connectivity index (χ1) is 10.2. The monoisotopic (exact) mass is 292 g/mol. The van der Waals surface area contributed by atoms with E-state index in [0.29, 0.717) is 0 Å². The number of carbonyl (C=O) groups is 1. The van der Waals surface area contributed by atoms with Gasteiger partial charge in [-0.2, -0.15) is 5.10 Å². The minimum atomic E-state index is -0.0692. The van der Waals surface area contributed by atoms with Gasteiger partial charge in [0.05, 0.1) is 30.5 Å². The molecule has 1 aromatic rings. The molecule has 1 amide bonds. The molecule has 3 unspecified atom stereocenters. The van der Waals surface area contributed by atoms with E-state index in [1.54, 1.807) is 6.20 Å². The number of ether oxygens (including phenoxy) is 1. The number of nitrogens with two attached hydrogens (primary N) is 1. The van der Waals surface area contributed by atoms with Gasteiger partial charge in [0.25, 0.3) is 0 Å². The van der Waals surface area contributed by atoms with Crippen LogP contribution in [0.5, 0.6) is 0 Å². The summed E-state index contributed by atoms with van der Waals surface area (Å²) in [7, 11) is 0. The van der Waals surface area contributed by atoms with Gasteiger partial charge in [0.2, 0.25) is 5.91 Å². The van der Waals surface area contributed by atoms with Crippen molar-refractivity contribution in [3.63, 3.8) is 0 Å². The molecule has 2 fully saturated rings. The Balaban J connectivity index is 1.54. The van der Waals surface area contributed by atoms with Gasteiger partial charge >= 0.3 is 0 Å². The Morgan fingerprint density at radius 3 is 3.00 bits per heavy atom. The van der Waals surface area contributed by atoms with Crippen LogP contribution < -0.4 is 11.1 Å². The van der Waals surface area contributed by atoms with Crippen LogP contribution in [0.3, 0.4) is 0 Å². The topological polar surface area (TPSA) is 82.2 Å². The van der Waals surface area contributed by atoms with Crippen LogP contribution in [-0.4, -0.2) is 34.4 Å². The third kappa shape index (κ3) is 3.63. The molecule has 116 valence electrons. The summed E-state index contributed by atoms with van der Waals surface area (Å²) in [5, 5.41) is 7.23. The third-order valence-corrected chi connectivity index (χ3v) is 4.47. The Kier molecular flexibility index (Phi) is 4.55. The van der Waals surface area contributed by atoms with Crippen molar-refractivity contribution < 1.29 is 9.53 Å². The molecule has 3 rings (SSSR count). The molecule has 1 aliphatic heterocycles. The van der Waals surface area contributed by atoms with Crippen LogP contribution in [0.15, 0.2) is 12.4 Å². The maximum atomic E-state index is 12.3. The number of nitrogens with zero attached hydrogens (tertiary/aromatic N) is 2. The van der Waals surface area contributed by atoms with Gasteiger partial charge in [-0.1, -0.05) is 12.8 Å². The highest BCUT2D eigenvalue weighted by molar-refractivity contribution is 5.92. The summed E-state index contributed by atoms with van der Waals surface area (Å²) in [6.07, 6.45) is 10.1. The molecule has 21 heavy (non-hydrogen) atoms. The molecule has 0 aromatic carbocycles. The lowest BCUT2D eigenvalue weighted by molar-refractivity contribution is -0.121. The number of hydrogen-bond donors (Lipinski definition) is 2. The molecule has 0 spiro atoms. The molecule has 1 aliphatic carbocycles. The molecule has 3 N–H and O–H groups in total. The molecule has 3 atom stereocenters. The van der Waals surface area contributed by atoms with Crippen molar-refractivity contribution in [3.05, 3.63) is 12.4 Å². The second kappa shape index (κ2) is 6.58. The molecule has 2 aliphatic rings. The van der Waals surface area contributed by atoms with E-state index in [-0.39, 0.29) is 24.0 Å². The maximum Gasteiger partial charge on any atom is 0.229 e. The molecule has 6 heteroatoms. The van der Waals surface area contributed by atoms with Crippen LogP contribution >= 0.6 is 0 Å². The summed E-state index contributed by atoms with van der Waals surface area (Å²) in [6.45, 7) is 1.59. The van der Waals surface area contributed by atoms with Gasteiger partial charge in [0.1, 0.15) is 0 Å². The quantitative estimate of drug-likeness (QED) is 0.881. The Morgan fingerprint density at radius 1 is 1.38 bits per heavy atom. The highest BCUT2D eigenvalue weighted by Crippen LogP contribution is 2.24. The number of hydrogen-bond acceptors (Lipinski definition) is 4. The summed E-state index contributed by atoms with van der Waals surface area (Å²) in [5.41, 5.74) is 6.80. The lowest BCUT2D eigenvalue weighted by Gasteiger charge is -2.27. The Hall–Kier alpha value is -1.40. The number of amides is 1. The van der Waals surface area contributed by atoms with Crippen LogP contribution in [0.2, 0.25) is 0 Å². The fourth-order valence-electron chi connectivity index (χ4n) is 3.24. The molecule has 0 bridgehead atoms. The zero-order valence-corrected chi connectivity index (χ0v) is 12.3. The summed E-state index contributed by atoms with van der Waals surface area (Å²) < 4.78 is 7.43. The molecular formula is C15H24N4O2. The minimum Gasteiger partial charge on any atom is -0.376 e. The van der Waals surface area contributed by atoms with E-state index in [2.05, 4.69) is 10.4 Å². The van der Waals surface area contributed by atoms with Crippen LogP contribution in [0, 0.1) is 5.92 Å². The number of rotatable bonds is 4. The zero-order chi connectivity index (χ0) is 14.7. The second-order valence-corrected chi connectivity index (χ2v) is 6.13. The molecule has 6 nitrogen and oxygen atoms in total. The summed E-state index contributed by atoms with van der Waals surface area (Å²) >= 11 is 0. The number of nitrogens with one attached hydrogen (secondary N) is 1. The fraction of sp³-hybridized carbons (Fsp3) is 0.733. The standard InChI is InChI=1S/C15H24N4O2/c16-14-6-2-1-5-13(14)15(20)18-11-8-17-19(9-11)10-12-4-3-7-21-12/h8-9,12-14H,1-7,10,16H2,(H,18,20). The van der Waals surface area contributed by atoms with Crippen molar-refractivity contribution >= 4 is 11.6 Å². The van der Waals surface area contributed by atoms with Crippen LogP contribution in [0.25, 0.3) is 0 Å². The maximum absolute atomic E-state index is 12.3. The zero-order valence-electron chi connectivity index (χ0n) is 12.3. The minimum absolute atomic E-state index is 0.0133. The number of anilines is 1. The molecule has 1 aromatic heterocycles. The summed E-state index contributed by atoms with van der Waals surface area (Å²) in [4.78, 5) is 12.3. The van der Waals surface area contributed by atoms with Crippen molar-refractivity contribution in [2.24, 2.45) is 11.7 Å². The van der Waals surface area contributed by atoms with Crippen molar-refractivity contribution in [1.29, 1.82) is 0 Å². The van der Waals surface area contributed by atoms with E-state index in [1.807, 2.05) is 10.9 Å². The van der Waals surface area contributed by atoms with Crippen molar-refractivity contribution in [1.82, 2.24) is 9.78 Å². The van der Waals surface area contributed by atoms with Crippen molar-refractivity contribution in [2.75, 3.05) is 11.9 Å². The third-order valence-electron chi connectivity index (χ3n) is 4.47. The Bertz CT molecular complexity index is 482. The van der Waals surface area contributed by atoms with Gasteiger partial charge in [-0.25, -0.2) is 0 Å². The van der Waals surface area contributed by atoms with E-state index in [0.717, 1.165) is 57.4 Å². The Morgan fingerprint density at radius 2 is 2.24 bits per heavy atom.